The van der Waals surface area contributed by atoms with Gasteiger partial charge in [-0.2, -0.15) is 5.10 Å². The van der Waals surface area contributed by atoms with Crippen molar-refractivity contribution in [2.24, 2.45) is 0 Å². The van der Waals surface area contributed by atoms with Gasteiger partial charge in [0.2, 0.25) is 5.91 Å². The third kappa shape index (κ3) is 7.82. The van der Waals surface area contributed by atoms with Crippen molar-refractivity contribution in [3.8, 4) is 0 Å². The fourth-order valence-corrected chi connectivity index (χ4v) is 5.14. The highest BCUT2D eigenvalue weighted by Crippen LogP contribution is 2.29. The Morgan fingerprint density at radius 1 is 0.975 bits per heavy atom. The molecule has 40 heavy (non-hydrogen) atoms. The number of carbonyl (C=O) groups excluding carboxylic acids is 1. The van der Waals surface area contributed by atoms with E-state index in [1.165, 1.54) is 35.9 Å². The molecule has 11 heteroatoms. The van der Waals surface area contributed by atoms with Crippen molar-refractivity contribution in [1.29, 1.82) is 0 Å². The van der Waals surface area contributed by atoms with Gasteiger partial charge in [-0.1, -0.05) is 38.7 Å². The molecule has 1 atom stereocenters. The van der Waals surface area contributed by atoms with E-state index in [0.717, 1.165) is 37.8 Å². The molecular formula is C29H37F3N6O2. The molecule has 1 amide bonds. The lowest BCUT2D eigenvalue weighted by Gasteiger charge is -2.40. The molecule has 2 N–H and O–H groups in total. The Bertz CT molecular complexity index is 1250. The molecule has 1 fully saturated rings. The van der Waals surface area contributed by atoms with Gasteiger partial charge in [-0.05, 0) is 30.7 Å². The van der Waals surface area contributed by atoms with E-state index in [4.69, 9.17) is 0 Å². The van der Waals surface area contributed by atoms with Crippen molar-refractivity contribution in [1.82, 2.24) is 19.7 Å². The van der Waals surface area contributed by atoms with Crippen molar-refractivity contribution in [2.75, 3.05) is 42.9 Å². The van der Waals surface area contributed by atoms with Crippen LogP contribution in [0.15, 0.2) is 49.1 Å². The van der Waals surface area contributed by atoms with Gasteiger partial charge in [0.25, 0.3) is 0 Å². The van der Waals surface area contributed by atoms with E-state index in [-0.39, 0.29) is 24.6 Å². The summed E-state index contributed by atoms with van der Waals surface area (Å²) in [6, 6.07) is 7.82. The van der Waals surface area contributed by atoms with Crippen LogP contribution in [0.25, 0.3) is 0 Å². The summed E-state index contributed by atoms with van der Waals surface area (Å²) in [6.07, 6.45) is 8.42. The number of amides is 1. The molecule has 8 nitrogen and oxygen atoms in total. The summed E-state index contributed by atoms with van der Waals surface area (Å²) in [4.78, 5) is 20.0. The zero-order chi connectivity index (χ0) is 28.5. The average molecular weight is 559 g/mol. The summed E-state index contributed by atoms with van der Waals surface area (Å²) in [6.45, 7) is 4.06. The van der Waals surface area contributed by atoms with E-state index >= 15 is 4.39 Å². The number of carbonyl (C=O) groups is 1. The number of β-amino-alcohol motifs (C(OH)–C–C–N with tert-alkyl or cyclic N) is 1. The van der Waals surface area contributed by atoms with Crippen LogP contribution < -0.4 is 10.2 Å². The molecule has 216 valence electrons. The fraction of sp³-hybridized carbons (Fsp3) is 0.483. The predicted octanol–water partition coefficient (Wildman–Crippen LogP) is 4.70. The molecule has 4 rings (SSSR count). The van der Waals surface area contributed by atoms with Crippen molar-refractivity contribution in [2.45, 2.75) is 57.6 Å². The summed E-state index contributed by atoms with van der Waals surface area (Å²) in [7, 11) is 0. The number of nitrogens with zero attached hydrogens (tertiary/aromatic N) is 5. The molecule has 2 heterocycles. The second-order valence-electron chi connectivity index (χ2n) is 10.4. The van der Waals surface area contributed by atoms with E-state index in [9.17, 15) is 18.7 Å². The smallest absolute Gasteiger partial charge is 0.224 e. The Balaban J connectivity index is 1.35. The Morgan fingerprint density at radius 3 is 2.42 bits per heavy atom. The minimum Gasteiger partial charge on any atom is -0.382 e. The number of aromatic nitrogens is 3. The lowest BCUT2D eigenvalue weighted by atomic mass is 9.92. The fourth-order valence-electron chi connectivity index (χ4n) is 5.14. The quantitative estimate of drug-likeness (QED) is 0.296. The lowest BCUT2D eigenvalue weighted by Crippen LogP contribution is -2.52. The summed E-state index contributed by atoms with van der Waals surface area (Å²) < 4.78 is 44.7. The van der Waals surface area contributed by atoms with E-state index in [0.29, 0.717) is 44.0 Å². The molecule has 2 aromatic carbocycles. The van der Waals surface area contributed by atoms with Crippen LogP contribution in [-0.2, 0) is 16.9 Å². The van der Waals surface area contributed by atoms with Crippen LogP contribution in [0.3, 0.4) is 0 Å². The Labute approximate surface area is 232 Å². The molecule has 0 radical (unpaired) electrons. The SMILES string of the molecule is CCCCCCCC(=O)Nc1ccc(N2CCN(CC(O)(Cn3cncn3)c3ccc(F)cc3F)CC2)c(F)c1. The van der Waals surface area contributed by atoms with Crippen LogP contribution in [0.2, 0.25) is 0 Å². The number of nitrogens with one attached hydrogen (secondary N) is 1. The highest BCUT2D eigenvalue weighted by Gasteiger charge is 2.36. The van der Waals surface area contributed by atoms with Gasteiger partial charge in [-0.25, -0.2) is 22.8 Å². The predicted molar refractivity (Wildman–Crippen MR) is 147 cm³/mol. The Hall–Kier alpha value is -3.44. The maximum Gasteiger partial charge on any atom is 0.224 e. The highest BCUT2D eigenvalue weighted by molar-refractivity contribution is 5.90. The lowest BCUT2D eigenvalue weighted by molar-refractivity contribution is -0.116. The van der Waals surface area contributed by atoms with Gasteiger partial charge < -0.3 is 15.3 Å². The van der Waals surface area contributed by atoms with Gasteiger partial charge in [0, 0.05) is 56.5 Å². The zero-order valence-corrected chi connectivity index (χ0v) is 22.8. The molecule has 3 aromatic rings. The summed E-state index contributed by atoms with van der Waals surface area (Å²) >= 11 is 0. The monoisotopic (exact) mass is 558 g/mol. The molecule has 1 aliphatic rings. The normalized spacial score (nSPS) is 15.7. The average Bonchev–Trinajstić information content (AvgIpc) is 3.42. The van der Waals surface area contributed by atoms with Crippen LogP contribution in [0.4, 0.5) is 24.5 Å². The molecule has 0 bridgehead atoms. The van der Waals surface area contributed by atoms with Gasteiger partial charge in [0.15, 0.2) is 0 Å². The first kappa shape index (κ1) is 29.5. The molecule has 1 aromatic heterocycles. The second kappa shape index (κ2) is 13.8. The molecule has 1 aliphatic heterocycles. The summed E-state index contributed by atoms with van der Waals surface area (Å²) in [5, 5.41) is 18.4. The van der Waals surface area contributed by atoms with Crippen LogP contribution in [0.5, 0.6) is 0 Å². The molecule has 1 unspecified atom stereocenters. The number of anilines is 2. The second-order valence-corrected chi connectivity index (χ2v) is 10.4. The van der Waals surface area contributed by atoms with Crippen LogP contribution in [0, 0.1) is 17.5 Å². The van der Waals surface area contributed by atoms with Crippen LogP contribution in [0.1, 0.15) is 51.0 Å². The minimum atomic E-state index is -1.70. The van der Waals surface area contributed by atoms with Gasteiger partial charge in [-0.15, -0.1) is 0 Å². The first-order chi connectivity index (χ1) is 19.3. The standard InChI is InChI=1S/C29H37F3N6O2/c1-2-3-4-5-6-7-28(39)35-23-9-11-27(26(32)17-23)37-14-12-36(13-15-37)18-29(40,19-38-21-33-20-34-38)24-10-8-22(30)16-25(24)31/h8-11,16-17,20-21,40H,2-7,12-15,18-19H2,1H3,(H,35,39). The topological polar surface area (TPSA) is 86.5 Å². The van der Waals surface area contributed by atoms with Crippen molar-refractivity contribution in [3.05, 3.63) is 72.1 Å². The number of rotatable bonds is 13. The van der Waals surface area contributed by atoms with Crippen LogP contribution in [-0.4, -0.2) is 63.4 Å². The zero-order valence-electron chi connectivity index (χ0n) is 22.8. The molecule has 0 saturated carbocycles. The molecular weight excluding hydrogens is 521 g/mol. The van der Waals surface area contributed by atoms with Gasteiger partial charge in [0.1, 0.15) is 35.7 Å². The number of piperazine rings is 1. The van der Waals surface area contributed by atoms with E-state index in [1.807, 2.05) is 9.80 Å². The Morgan fingerprint density at radius 2 is 1.75 bits per heavy atom. The number of halogens is 3. The van der Waals surface area contributed by atoms with Gasteiger partial charge in [0.05, 0.1) is 12.2 Å². The van der Waals surface area contributed by atoms with E-state index in [1.54, 1.807) is 12.1 Å². The number of hydrogen-bond acceptors (Lipinski definition) is 6. The maximum absolute atomic E-state index is 15.0. The molecule has 1 saturated heterocycles. The number of benzene rings is 2. The van der Waals surface area contributed by atoms with Crippen molar-refractivity contribution < 1.29 is 23.1 Å². The number of aliphatic hydroxyl groups is 1. The first-order valence-corrected chi connectivity index (χ1v) is 13.8. The van der Waals surface area contributed by atoms with Crippen molar-refractivity contribution in [3.63, 3.8) is 0 Å². The molecule has 0 spiro atoms. The highest BCUT2D eigenvalue weighted by atomic mass is 19.1. The van der Waals surface area contributed by atoms with Gasteiger partial charge in [-0.3, -0.25) is 9.69 Å². The first-order valence-electron chi connectivity index (χ1n) is 13.8. The number of hydrogen-bond donors (Lipinski definition) is 2. The maximum atomic E-state index is 15.0. The molecule has 0 aliphatic carbocycles. The summed E-state index contributed by atoms with van der Waals surface area (Å²) in [5.74, 6) is -2.11. The third-order valence-electron chi connectivity index (χ3n) is 7.26. The van der Waals surface area contributed by atoms with E-state index in [2.05, 4.69) is 22.3 Å². The Kier molecular flexibility index (Phi) is 10.2. The minimum absolute atomic E-state index is 0.0310. The summed E-state index contributed by atoms with van der Waals surface area (Å²) in [5.41, 5.74) is -0.872. The van der Waals surface area contributed by atoms with Crippen LogP contribution >= 0.6 is 0 Å². The number of unbranched alkanes of at least 4 members (excludes halogenated alkanes) is 4. The van der Waals surface area contributed by atoms with Crippen molar-refractivity contribution >= 4 is 17.3 Å². The van der Waals surface area contributed by atoms with Gasteiger partial charge >= 0.3 is 0 Å². The largest absolute Gasteiger partial charge is 0.382 e. The van der Waals surface area contributed by atoms with E-state index < -0.39 is 23.1 Å². The third-order valence-corrected chi connectivity index (χ3v) is 7.26.